The van der Waals surface area contributed by atoms with Gasteiger partial charge >= 0.3 is 5.69 Å². The average Bonchev–Trinajstić information content (AvgIpc) is 2.97. The molecule has 1 fully saturated rings. The first kappa shape index (κ1) is 31.7. The number of piperazine rings is 1. The zero-order valence-electron chi connectivity index (χ0n) is 24.5. The van der Waals surface area contributed by atoms with E-state index in [-0.39, 0.29) is 63.6 Å². The van der Waals surface area contributed by atoms with Crippen molar-refractivity contribution in [2.75, 3.05) is 30.8 Å². The molecule has 0 saturated carbocycles. The molecule has 2 aromatic carbocycles. The highest BCUT2D eigenvalue weighted by Crippen LogP contribution is 2.37. The van der Waals surface area contributed by atoms with Gasteiger partial charge < -0.3 is 14.6 Å². The van der Waals surface area contributed by atoms with Gasteiger partial charge in [0.2, 0.25) is 12.5 Å². The van der Waals surface area contributed by atoms with Crippen molar-refractivity contribution in [3.05, 3.63) is 99.2 Å². The molecule has 1 aliphatic heterocycles. The summed E-state index contributed by atoms with van der Waals surface area (Å²) in [6.07, 6.45) is 2.15. The van der Waals surface area contributed by atoms with Crippen molar-refractivity contribution in [2.45, 2.75) is 30.8 Å². The minimum Gasteiger partial charge on any atom is -0.339 e. The topological polar surface area (TPSA) is 110 Å². The van der Waals surface area contributed by atoms with E-state index < -0.39 is 44.9 Å². The van der Waals surface area contributed by atoms with Gasteiger partial charge in [-0.15, -0.1) is 0 Å². The van der Waals surface area contributed by atoms with Gasteiger partial charge in [0.05, 0.1) is 26.6 Å². The molecule has 4 aromatic rings. The van der Waals surface area contributed by atoms with Gasteiger partial charge in [0, 0.05) is 25.4 Å². The molecule has 1 saturated heterocycles. The number of para-hydroxylation sites is 1. The number of rotatable bonds is 6. The van der Waals surface area contributed by atoms with Gasteiger partial charge in [0.1, 0.15) is 23.4 Å². The highest BCUT2D eigenvalue weighted by Gasteiger charge is 2.38. The monoisotopic (exact) mass is 652 g/mol. The van der Waals surface area contributed by atoms with Gasteiger partial charge in [-0.05, 0) is 49.8 Å². The number of aryl methyl sites for hydroxylation is 1. The second kappa shape index (κ2) is 12.0. The van der Waals surface area contributed by atoms with Crippen molar-refractivity contribution < 1.29 is 22.0 Å². The molecular formula is C31H27ClF2N6O4S. The fourth-order valence-electron chi connectivity index (χ4n) is 5.75. The van der Waals surface area contributed by atoms with Gasteiger partial charge in [0.15, 0.2) is 21.3 Å². The molecule has 2 aromatic heterocycles. The van der Waals surface area contributed by atoms with Gasteiger partial charge in [-0.2, -0.15) is 4.98 Å². The Bertz CT molecular complexity index is 2080. The van der Waals surface area contributed by atoms with Crippen LogP contribution in [0.3, 0.4) is 0 Å². The molecule has 3 heterocycles. The number of sulfone groups is 1. The summed E-state index contributed by atoms with van der Waals surface area (Å²) < 4.78 is 57.8. The summed E-state index contributed by atoms with van der Waals surface area (Å²) in [6.45, 7) is 14.6. The van der Waals surface area contributed by atoms with Crippen molar-refractivity contribution in [1.29, 1.82) is 0 Å². The first-order valence-electron chi connectivity index (χ1n) is 13.7. The van der Waals surface area contributed by atoms with Crippen LogP contribution in [0.1, 0.15) is 12.5 Å². The van der Waals surface area contributed by atoms with E-state index in [9.17, 15) is 18.0 Å². The minimum absolute atomic E-state index is 0.00339. The van der Waals surface area contributed by atoms with E-state index in [0.29, 0.717) is 5.56 Å². The summed E-state index contributed by atoms with van der Waals surface area (Å²) in [5.41, 5.74) is -1.68. The fraction of sp³-hybridized carbons (Fsp3) is 0.258. The van der Waals surface area contributed by atoms with E-state index in [1.807, 2.05) is 0 Å². The van der Waals surface area contributed by atoms with E-state index in [2.05, 4.69) is 21.4 Å². The molecule has 0 spiro atoms. The number of carbonyl (C=O) groups is 1. The lowest BCUT2D eigenvalue weighted by molar-refractivity contribution is -0.127. The van der Waals surface area contributed by atoms with Crippen LogP contribution in [0.15, 0.2) is 64.8 Å². The zero-order valence-corrected chi connectivity index (χ0v) is 26.0. The number of anilines is 1. The van der Waals surface area contributed by atoms with E-state index in [1.54, 1.807) is 24.8 Å². The smallest absolute Gasteiger partial charge is 0.339 e. The number of carbonyl (C=O) groups excluding carboxylic acids is 1. The third-order valence-corrected chi connectivity index (χ3v) is 9.09. The minimum atomic E-state index is -3.91. The second-order valence-electron chi connectivity index (χ2n) is 10.7. The summed E-state index contributed by atoms with van der Waals surface area (Å²) in [6, 6.07) is 8.11. The molecule has 0 unspecified atom stereocenters. The largest absolute Gasteiger partial charge is 0.355 e. The van der Waals surface area contributed by atoms with Crippen LogP contribution in [0.5, 0.6) is 0 Å². The molecular weight excluding hydrogens is 626 g/mol. The Morgan fingerprint density at radius 1 is 1.18 bits per heavy atom. The van der Waals surface area contributed by atoms with Crippen LogP contribution in [0.4, 0.5) is 14.6 Å². The maximum atomic E-state index is 16.0. The SMILES string of the molecule is [C-]#[N+]C[C@H]1CN(C(=O)C=C)C[C@H](C)N1c1nc(=O)n(-c2c(C)cccc2S(C)(=O)=O)c2nc(-c3c(F)cccc3Cl)c(F)cc12. The van der Waals surface area contributed by atoms with Crippen molar-refractivity contribution in [1.82, 2.24) is 19.4 Å². The standard InChI is InChI=1S/C31H27ClF2N6O4S/c1-6-25(41)38-15-18(3)39(19(16-38)14-35-4)30-20-13-23(34)27(26-21(32)10-8-11-22(26)33)36-29(20)40(31(42)37-30)28-17(2)9-7-12-24(28)45(5,43)44/h6-13,18-19H,1,14-16H2,2-3,5H3/t18-,19-/m0/s1. The molecule has 0 bridgehead atoms. The molecule has 1 amide bonds. The lowest BCUT2D eigenvalue weighted by Gasteiger charge is -2.44. The highest BCUT2D eigenvalue weighted by atomic mass is 35.5. The van der Waals surface area contributed by atoms with Crippen molar-refractivity contribution in [3.63, 3.8) is 0 Å². The van der Waals surface area contributed by atoms with Crippen LogP contribution in [-0.2, 0) is 14.6 Å². The lowest BCUT2D eigenvalue weighted by Crippen LogP contribution is -2.60. The number of halogens is 3. The van der Waals surface area contributed by atoms with E-state index in [1.165, 1.54) is 35.2 Å². The Labute approximate surface area is 262 Å². The summed E-state index contributed by atoms with van der Waals surface area (Å²) in [5.74, 6) is -2.20. The van der Waals surface area contributed by atoms with Gasteiger partial charge in [-0.25, -0.2) is 38.1 Å². The van der Waals surface area contributed by atoms with Crippen LogP contribution in [-0.4, -0.2) is 71.7 Å². The molecule has 232 valence electrons. The van der Waals surface area contributed by atoms with Gasteiger partial charge in [-0.3, -0.25) is 4.79 Å². The molecule has 2 atom stereocenters. The Balaban J connectivity index is 1.90. The third-order valence-electron chi connectivity index (χ3n) is 7.64. The second-order valence-corrected chi connectivity index (χ2v) is 13.1. The molecule has 10 nitrogen and oxygen atoms in total. The van der Waals surface area contributed by atoms with E-state index >= 15 is 8.78 Å². The highest BCUT2D eigenvalue weighted by molar-refractivity contribution is 7.90. The van der Waals surface area contributed by atoms with Gasteiger partial charge in [-0.1, -0.05) is 36.4 Å². The van der Waals surface area contributed by atoms with Crippen LogP contribution in [0.25, 0.3) is 32.8 Å². The number of aromatic nitrogens is 3. The molecule has 14 heteroatoms. The average molecular weight is 653 g/mol. The number of fused-ring (bicyclic) bond motifs is 1. The van der Waals surface area contributed by atoms with Gasteiger partial charge in [0.25, 0.3) is 0 Å². The maximum absolute atomic E-state index is 16.0. The van der Waals surface area contributed by atoms with E-state index in [4.69, 9.17) is 18.2 Å². The van der Waals surface area contributed by atoms with Crippen LogP contribution in [0.2, 0.25) is 5.02 Å². The number of benzene rings is 2. The summed E-state index contributed by atoms with van der Waals surface area (Å²) >= 11 is 6.28. The summed E-state index contributed by atoms with van der Waals surface area (Å²) in [7, 11) is -3.91. The number of hydrogen-bond donors (Lipinski definition) is 0. The number of pyridine rings is 1. The quantitative estimate of drug-likeness (QED) is 0.221. The van der Waals surface area contributed by atoms with Crippen molar-refractivity contribution >= 4 is 44.2 Å². The molecule has 0 aliphatic carbocycles. The first-order valence-corrected chi connectivity index (χ1v) is 16.0. The van der Waals surface area contributed by atoms with Crippen LogP contribution >= 0.6 is 11.6 Å². The summed E-state index contributed by atoms with van der Waals surface area (Å²) in [5, 5.41) is -0.137. The number of amides is 1. The molecule has 0 radical (unpaired) electrons. The predicted molar refractivity (Wildman–Crippen MR) is 167 cm³/mol. The Hall–Kier alpha value is -4.67. The lowest BCUT2D eigenvalue weighted by atomic mass is 10.0. The molecule has 0 N–H and O–H groups in total. The maximum Gasteiger partial charge on any atom is 0.355 e. The molecule has 5 rings (SSSR count). The molecule has 45 heavy (non-hydrogen) atoms. The Morgan fingerprint density at radius 3 is 2.53 bits per heavy atom. The predicted octanol–water partition coefficient (Wildman–Crippen LogP) is 4.60. The molecule has 1 aliphatic rings. The summed E-state index contributed by atoms with van der Waals surface area (Å²) in [4.78, 5) is 41.8. The van der Waals surface area contributed by atoms with Crippen LogP contribution < -0.4 is 10.6 Å². The van der Waals surface area contributed by atoms with Crippen molar-refractivity contribution in [3.8, 4) is 16.9 Å². The first-order chi connectivity index (χ1) is 21.3. The number of nitrogens with zero attached hydrogens (tertiary/aromatic N) is 6. The van der Waals surface area contributed by atoms with E-state index in [0.717, 1.165) is 23.0 Å². The Kier molecular flexibility index (Phi) is 8.48. The Morgan fingerprint density at radius 2 is 1.89 bits per heavy atom. The zero-order chi connectivity index (χ0) is 32.8. The third kappa shape index (κ3) is 5.67. The van der Waals surface area contributed by atoms with Crippen LogP contribution in [0, 0.1) is 25.1 Å². The van der Waals surface area contributed by atoms with Crippen molar-refractivity contribution in [2.24, 2.45) is 0 Å². The number of hydrogen-bond acceptors (Lipinski definition) is 7. The fourth-order valence-corrected chi connectivity index (χ4v) is 6.93. The normalized spacial score (nSPS) is 16.9.